The summed E-state index contributed by atoms with van der Waals surface area (Å²) in [7, 11) is 1.08. The fraction of sp³-hybridized carbons (Fsp3) is 0.250. The van der Waals surface area contributed by atoms with E-state index in [2.05, 4.69) is 25.7 Å². The first-order valence-corrected chi connectivity index (χ1v) is 4.46. The van der Waals surface area contributed by atoms with Crippen molar-refractivity contribution in [2.45, 2.75) is 6.18 Å². The summed E-state index contributed by atoms with van der Waals surface area (Å²) >= 11 is 2.65. The highest BCUT2D eigenvalue weighted by molar-refractivity contribution is 9.10. The molecule has 1 aromatic heterocycles. The standard InChI is InChI=1S/C8H5BrF3NO2/c1-15-7(14)4-2-5(8(10,11)12)6(9)13-3-4/h2-3H,1H3. The molecule has 0 aromatic carbocycles. The van der Waals surface area contributed by atoms with Crippen molar-refractivity contribution in [3.63, 3.8) is 0 Å². The molecular formula is C8H5BrF3NO2. The lowest BCUT2D eigenvalue weighted by Gasteiger charge is -2.09. The highest BCUT2D eigenvalue weighted by atomic mass is 79.9. The molecule has 0 amide bonds. The molecule has 0 bridgehead atoms. The average molecular weight is 284 g/mol. The molecule has 0 fully saturated rings. The lowest BCUT2D eigenvalue weighted by Crippen LogP contribution is -2.10. The summed E-state index contributed by atoms with van der Waals surface area (Å²) < 4.78 is 41.0. The fourth-order valence-electron chi connectivity index (χ4n) is 0.876. The van der Waals surface area contributed by atoms with Gasteiger partial charge in [-0.05, 0) is 22.0 Å². The van der Waals surface area contributed by atoms with Crippen LogP contribution in [0.5, 0.6) is 0 Å². The SMILES string of the molecule is COC(=O)c1cnc(Br)c(C(F)(F)F)c1. The zero-order valence-electron chi connectivity index (χ0n) is 7.43. The van der Waals surface area contributed by atoms with Crippen molar-refractivity contribution in [2.75, 3.05) is 7.11 Å². The van der Waals surface area contributed by atoms with Crippen molar-refractivity contribution in [1.29, 1.82) is 0 Å². The number of nitrogens with zero attached hydrogens (tertiary/aromatic N) is 1. The van der Waals surface area contributed by atoms with Gasteiger partial charge < -0.3 is 4.74 Å². The first-order valence-electron chi connectivity index (χ1n) is 3.67. The molecule has 0 spiro atoms. The molecule has 82 valence electrons. The average Bonchev–Trinajstić information content (AvgIpc) is 2.15. The summed E-state index contributed by atoms with van der Waals surface area (Å²) in [6.45, 7) is 0. The van der Waals surface area contributed by atoms with Crippen LogP contribution >= 0.6 is 15.9 Å². The van der Waals surface area contributed by atoms with Gasteiger partial charge in [-0.2, -0.15) is 13.2 Å². The van der Waals surface area contributed by atoms with E-state index in [-0.39, 0.29) is 10.2 Å². The van der Waals surface area contributed by atoms with Crippen LogP contribution in [0.1, 0.15) is 15.9 Å². The maximum Gasteiger partial charge on any atom is 0.419 e. The molecule has 0 saturated carbocycles. The second-order valence-corrected chi connectivity index (χ2v) is 3.30. The summed E-state index contributed by atoms with van der Waals surface area (Å²) in [5, 5.41) is 0. The van der Waals surface area contributed by atoms with Crippen molar-refractivity contribution < 1.29 is 22.7 Å². The van der Waals surface area contributed by atoms with Crippen LogP contribution in [0.3, 0.4) is 0 Å². The van der Waals surface area contributed by atoms with Gasteiger partial charge in [-0.15, -0.1) is 0 Å². The van der Waals surface area contributed by atoms with Gasteiger partial charge in [-0.25, -0.2) is 9.78 Å². The third-order valence-corrected chi connectivity index (χ3v) is 2.20. The molecule has 0 N–H and O–H groups in total. The van der Waals surface area contributed by atoms with Crippen molar-refractivity contribution in [3.8, 4) is 0 Å². The van der Waals surface area contributed by atoms with Gasteiger partial charge in [0.2, 0.25) is 0 Å². The van der Waals surface area contributed by atoms with Crippen LogP contribution in [0.25, 0.3) is 0 Å². The minimum absolute atomic E-state index is 0.243. The van der Waals surface area contributed by atoms with Gasteiger partial charge in [0.1, 0.15) is 4.60 Å². The predicted octanol–water partition coefficient (Wildman–Crippen LogP) is 2.65. The van der Waals surface area contributed by atoms with Crippen molar-refractivity contribution in [1.82, 2.24) is 4.98 Å². The Balaban J connectivity index is 3.23. The smallest absolute Gasteiger partial charge is 0.419 e. The van der Waals surface area contributed by atoms with E-state index in [0.717, 1.165) is 13.3 Å². The first kappa shape index (κ1) is 12.0. The normalized spacial score (nSPS) is 11.3. The number of aromatic nitrogens is 1. The van der Waals surface area contributed by atoms with Crippen LogP contribution in [0.4, 0.5) is 13.2 Å². The number of methoxy groups -OCH3 is 1. The maximum absolute atomic E-state index is 12.4. The van der Waals surface area contributed by atoms with E-state index in [1.165, 1.54) is 0 Å². The van der Waals surface area contributed by atoms with Gasteiger partial charge in [0.25, 0.3) is 0 Å². The van der Waals surface area contributed by atoms with Crippen LogP contribution in [-0.4, -0.2) is 18.1 Å². The van der Waals surface area contributed by atoms with E-state index in [1.54, 1.807) is 0 Å². The number of alkyl halides is 3. The molecule has 0 unspecified atom stereocenters. The summed E-state index contributed by atoms with van der Waals surface area (Å²) in [5.74, 6) is -0.861. The number of ether oxygens (including phenoxy) is 1. The highest BCUT2D eigenvalue weighted by Gasteiger charge is 2.34. The molecule has 0 radical (unpaired) electrons. The summed E-state index contributed by atoms with van der Waals surface area (Å²) in [6.07, 6.45) is -3.55. The maximum atomic E-state index is 12.4. The van der Waals surface area contributed by atoms with Crippen molar-refractivity contribution in [3.05, 3.63) is 28.0 Å². The van der Waals surface area contributed by atoms with Crippen LogP contribution < -0.4 is 0 Å². The Labute approximate surface area is 91.4 Å². The van der Waals surface area contributed by atoms with Crippen LogP contribution in [0.15, 0.2) is 16.9 Å². The first-order chi connectivity index (χ1) is 6.86. The van der Waals surface area contributed by atoms with Gasteiger partial charge in [0.05, 0.1) is 18.2 Å². The number of carbonyl (C=O) groups excluding carboxylic acids is 1. The third kappa shape index (κ3) is 2.68. The summed E-state index contributed by atoms with van der Waals surface area (Å²) in [4.78, 5) is 14.4. The Morgan fingerprint density at radius 2 is 2.13 bits per heavy atom. The molecule has 0 saturated heterocycles. The molecular weight excluding hydrogens is 279 g/mol. The second kappa shape index (κ2) is 4.18. The number of hydrogen-bond donors (Lipinski definition) is 0. The molecule has 0 aliphatic rings. The molecule has 0 atom stereocenters. The highest BCUT2D eigenvalue weighted by Crippen LogP contribution is 2.34. The van der Waals surface area contributed by atoms with E-state index in [9.17, 15) is 18.0 Å². The third-order valence-electron chi connectivity index (χ3n) is 1.57. The van der Waals surface area contributed by atoms with Crippen LogP contribution in [0.2, 0.25) is 0 Å². The van der Waals surface area contributed by atoms with Gasteiger partial charge in [0.15, 0.2) is 0 Å². The van der Waals surface area contributed by atoms with E-state index in [0.29, 0.717) is 6.07 Å². The molecule has 0 aliphatic carbocycles. The van der Waals surface area contributed by atoms with E-state index >= 15 is 0 Å². The largest absolute Gasteiger partial charge is 0.465 e. The topological polar surface area (TPSA) is 39.2 Å². The van der Waals surface area contributed by atoms with Gasteiger partial charge in [-0.3, -0.25) is 0 Å². The minimum Gasteiger partial charge on any atom is -0.465 e. The summed E-state index contributed by atoms with van der Waals surface area (Å²) in [6, 6.07) is 0.683. The number of rotatable bonds is 1. The Morgan fingerprint density at radius 1 is 1.53 bits per heavy atom. The monoisotopic (exact) mass is 283 g/mol. The van der Waals surface area contributed by atoms with Crippen LogP contribution in [-0.2, 0) is 10.9 Å². The number of carbonyl (C=O) groups is 1. The minimum atomic E-state index is -4.56. The lowest BCUT2D eigenvalue weighted by atomic mass is 10.2. The predicted molar refractivity (Wildman–Crippen MR) is 48.3 cm³/mol. The number of hydrogen-bond acceptors (Lipinski definition) is 3. The van der Waals surface area contributed by atoms with E-state index in [1.807, 2.05) is 0 Å². The Morgan fingerprint density at radius 3 is 2.60 bits per heavy atom. The van der Waals surface area contributed by atoms with Crippen molar-refractivity contribution >= 4 is 21.9 Å². The van der Waals surface area contributed by atoms with E-state index < -0.39 is 17.7 Å². The molecule has 15 heavy (non-hydrogen) atoms. The quantitative estimate of drug-likeness (QED) is 0.588. The summed E-state index contributed by atoms with van der Waals surface area (Å²) in [5.41, 5.74) is -1.25. The number of esters is 1. The lowest BCUT2D eigenvalue weighted by molar-refractivity contribution is -0.138. The zero-order chi connectivity index (χ0) is 11.6. The zero-order valence-corrected chi connectivity index (χ0v) is 9.02. The molecule has 1 heterocycles. The molecule has 3 nitrogen and oxygen atoms in total. The van der Waals surface area contributed by atoms with Gasteiger partial charge >= 0.3 is 12.1 Å². The molecule has 7 heteroatoms. The van der Waals surface area contributed by atoms with E-state index in [4.69, 9.17) is 0 Å². The molecule has 1 aromatic rings. The van der Waals surface area contributed by atoms with Crippen molar-refractivity contribution in [2.24, 2.45) is 0 Å². The van der Waals surface area contributed by atoms with Gasteiger partial charge in [-0.1, -0.05) is 0 Å². The second-order valence-electron chi connectivity index (χ2n) is 2.55. The number of halogens is 4. The number of pyridine rings is 1. The fourth-order valence-corrected chi connectivity index (χ4v) is 1.32. The van der Waals surface area contributed by atoms with Crippen LogP contribution in [0, 0.1) is 0 Å². The Hall–Kier alpha value is -1.11. The Kier molecular flexibility index (Phi) is 3.33. The molecule has 1 rings (SSSR count). The Bertz CT molecular complexity index is 392. The van der Waals surface area contributed by atoms with Gasteiger partial charge in [0, 0.05) is 6.20 Å². The molecule has 0 aliphatic heterocycles.